The summed E-state index contributed by atoms with van der Waals surface area (Å²) in [7, 11) is 0. The van der Waals surface area contributed by atoms with Crippen molar-refractivity contribution in [1.29, 1.82) is 0 Å². The summed E-state index contributed by atoms with van der Waals surface area (Å²) in [5.74, 6) is -0.319. The van der Waals surface area contributed by atoms with Gasteiger partial charge in [0.15, 0.2) is 5.78 Å². The van der Waals surface area contributed by atoms with Crippen molar-refractivity contribution in [3.05, 3.63) is 81.8 Å². The first-order valence-corrected chi connectivity index (χ1v) is 10.4. The maximum atomic E-state index is 13.4. The minimum absolute atomic E-state index is 0.0503. The van der Waals surface area contributed by atoms with Crippen molar-refractivity contribution in [2.24, 2.45) is 5.41 Å². The van der Waals surface area contributed by atoms with Crippen LogP contribution < -0.4 is 10.6 Å². The molecule has 4 rings (SSSR count). The third kappa shape index (κ3) is 3.77. The Hall–Kier alpha value is -2.92. The highest BCUT2D eigenvalue weighted by Gasteiger charge is 2.43. The predicted octanol–water partition coefficient (Wildman–Crippen LogP) is 4.98. The molecule has 0 radical (unpaired) electrons. The molecule has 1 amide bonds. The second kappa shape index (κ2) is 7.73. The smallest absolute Gasteiger partial charge is 0.255 e. The normalized spacial score (nSPS) is 20.5. The maximum absolute atomic E-state index is 13.4. The average molecular weight is 422 g/mol. The molecule has 1 aromatic carbocycles. The average Bonchev–Trinajstić information content (AvgIpc) is 2.67. The topological polar surface area (TPSA) is 71.1 Å². The number of ketones is 1. The Morgan fingerprint density at radius 1 is 1.17 bits per heavy atom. The number of pyridine rings is 1. The summed E-state index contributed by atoms with van der Waals surface area (Å²) in [6, 6.07) is 12.7. The van der Waals surface area contributed by atoms with E-state index in [0.717, 1.165) is 23.4 Å². The SMILES string of the molecule is CC1=C(C(=O)Nc2ccccn2)C(c2ccccc2Cl)C2=C(CC(C)(C)CC2=O)N1. The third-order valence-corrected chi connectivity index (χ3v) is 5.95. The number of hydrogen-bond donors (Lipinski definition) is 2. The van der Waals surface area contributed by atoms with Crippen molar-refractivity contribution in [2.75, 3.05) is 5.32 Å². The number of nitrogens with one attached hydrogen (secondary N) is 2. The number of aromatic nitrogens is 1. The standard InChI is InChI=1S/C24H24ClN3O2/c1-14-20(23(30)28-19-10-6-7-11-26-19)21(15-8-4-5-9-16(15)25)22-17(27-14)12-24(2,3)13-18(22)29/h4-11,21,27H,12-13H2,1-3H3,(H,26,28,30). The first-order chi connectivity index (χ1) is 14.3. The largest absolute Gasteiger partial charge is 0.362 e. The first-order valence-electron chi connectivity index (χ1n) is 9.98. The van der Waals surface area contributed by atoms with Crippen LogP contribution in [0.25, 0.3) is 0 Å². The van der Waals surface area contributed by atoms with Gasteiger partial charge in [-0.3, -0.25) is 9.59 Å². The van der Waals surface area contributed by atoms with Crippen molar-refractivity contribution < 1.29 is 9.59 Å². The molecule has 0 fully saturated rings. The van der Waals surface area contributed by atoms with Crippen molar-refractivity contribution >= 4 is 29.1 Å². The van der Waals surface area contributed by atoms with Crippen LogP contribution in [-0.2, 0) is 9.59 Å². The lowest BCUT2D eigenvalue weighted by Crippen LogP contribution is -2.39. The van der Waals surface area contributed by atoms with E-state index >= 15 is 0 Å². The molecule has 1 unspecified atom stereocenters. The number of hydrogen-bond acceptors (Lipinski definition) is 4. The van der Waals surface area contributed by atoms with Gasteiger partial charge >= 0.3 is 0 Å². The number of Topliss-reactive ketones (excluding diaryl/α,β-unsaturated/α-hetero) is 1. The lowest BCUT2D eigenvalue weighted by molar-refractivity contribution is -0.118. The van der Waals surface area contributed by atoms with E-state index in [9.17, 15) is 9.59 Å². The fourth-order valence-electron chi connectivity index (χ4n) is 4.38. The lowest BCUT2D eigenvalue weighted by Gasteiger charge is -2.39. The second-order valence-electron chi connectivity index (χ2n) is 8.62. The number of rotatable bonds is 3. The highest BCUT2D eigenvalue weighted by atomic mass is 35.5. The van der Waals surface area contributed by atoms with Gasteiger partial charge in [-0.15, -0.1) is 0 Å². The number of dihydropyridines is 1. The Morgan fingerprint density at radius 2 is 1.90 bits per heavy atom. The number of benzene rings is 1. The van der Waals surface area contributed by atoms with E-state index < -0.39 is 5.92 Å². The van der Waals surface area contributed by atoms with Gasteiger partial charge in [0.25, 0.3) is 5.91 Å². The number of carbonyl (C=O) groups excluding carboxylic acids is 2. The Labute approximate surface area is 181 Å². The molecular formula is C24H24ClN3O2. The molecule has 1 atom stereocenters. The summed E-state index contributed by atoms with van der Waals surface area (Å²) in [4.78, 5) is 30.8. The van der Waals surface area contributed by atoms with E-state index in [1.54, 1.807) is 24.4 Å². The molecule has 0 saturated carbocycles. The van der Waals surface area contributed by atoms with Gasteiger partial charge in [-0.2, -0.15) is 0 Å². The summed E-state index contributed by atoms with van der Waals surface area (Å²) in [5.41, 5.74) is 3.35. The summed E-state index contributed by atoms with van der Waals surface area (Å²) < 4.78 is 0. The van der Waals surface area contributed by atoms with E-state index in [2.05, 4.69) is 29.5 Å². The van der Waals surface area contributed by atoms with Gasteiger partial charge in [-0.1, -0.05) is 49.7 Å². The fraction of sp³-hybridized carbons (Fsp3) is 0.292. The van der Waals surface area contributed by atoms with E-state index in [-0.39, 0.29) is 17.1 Å². The Balaban J connectivity index is 1.84. The first kappa shape index (κ1) is 20.4. The van der Waals surface area contributed by atoms with Crippen molar-refractivity contribution in [2.45, 2.75) is 39.5 Å². The molecule has 2 heterocycles. The van der Waals surface area contributed by atoms with E-state index in [0.29, 0.717) is 28.4 Å². The van der Waals surface area contributed by atoms with Gasteiger partial charge in [0.2, 0.25) is 0 Å². The number of allylic oxidation sites excluding steroid dienone is 3. The minimum atomic E-state index is -0.526. The molecule has 1 aromatic heterocycles. The Bertz CT molecular complexity index is 1090. The number of anilines is 1. The van der Waals surface area contributed by atoms with Crippen LogP contribution in [0.15, 0.2) is 71.2 Å². The third-order valence-electron chi connectivity index (χ3n) is 5.61. The number of nitrogens with zero attached hydrogens (tertiary/aromatic N) is 1. The number of amides is 1. The molecular weight excluding hydrogens is 398 g/mol. The van der Waals surface area contributed by atoms with Crippen LogP contribution in [0.4, 0.5) is 5.82 Å². The zero-order chi connectivity index (χ0) is 21.5. The molecule has 1 aliphatic heterocycles. The minimum Gasteiger partial charge on any atom is -0.362 e. The molecule has 2 N–H and O–H groups in total. The van der Waals surface area contributed by atoms with Gasteiger partial charge in [-0.05, 0) is 42.5 Å². The van der Waals surface area contributed by atoms with Gasteiger partial charge in [0.1, 0.15) is 5.82 Å². The molecule has 154 valence electrons. The van der Waals surface area contributed by atoms with E-state index in [1.807, 2.05) is 31.2 Å². The monoisotopic (exact) mass is 421 g/mol. The van der Waals surface area contributed by atoms with E-state index in [1.165, 1.54) is 0 Å². The zero-order valence-corrected chi connectivity index (χ0v) is 18.0. The molecule has 2 aliphatic rings. The van der Waals surface area contributed by atoms with Gasteiger partial charge in [0.05, 0.1) is 0 Å². The molecule has 0 spiro atoms. The van der Waals surface area contributed by atoms with Crippen LogP contribution >= 0.6 is 11.6 Å². The summed E-state index contributed by atoms with van der Waals surface area (Å²) in [6.45, 7) is 6.04. The Kier molecular flexibility index (Phi) is 5.24. The quantitative estimate of drug-likeness (QED) is 0.733. The van der Waals surface area contributed by atoms with Crippen molar-refractivity contribution in [1.82, 2.24) is 10.3 Å². The molecule has 0 bridgehead atoms. The van der Waals surface area contributed by atoms with Crippen LogP contribution in [0.5, 0.6) is 0 Å². The van der Waals surface area contributed by atoms with Crippen LogP contribution in [0.3, 0.4) is 0 Å². The van der Waals surface area contributed by atoms with Gasteiger partial charge in [-0.25, -0.2) is 4.98 Å². The van der Waals surface area contributed by atoms with E-state index in [4.69, 9.17) is 11.6 Å². The molecule has 30 heavy (non-hydrogen) atoms. The molecule has 5 nitrogen and oxygen atoms in total. The zero-order valence-electron chi connectivity index (χ0n) is 17.3. The summed E-state index contributed by atoms with van der Waals surface area (Å²) in [6.07, 6.45) is 2.79. The number of halogens is 1. The summed E-state index contributed by atoms with van der Waals surface area (Å²) in [5, 5.41) is 6.75. The molecule has 0 saturated heterocycles. The van der Waals surface area contributed by atoms with Crippen LogP contribution in [0.2, 0.25) is 5.02 Å². The highest BCUT2D eigenvalue weighted by Crippen LogP contribution is 2.47. The van der Waals surface area contributed by atoms with Gasteiger partial charge < -0.3 is 10.6 Å². The number of carbonyl (C=O) groups is 2. The lowest BCUT2D eigenvalue weighted by atomic mass is 9.68. The molecule has 2 aromatic rings. The molecule has 6 heteroatoms. The van der Waals surface area contributed by atoms with Gasteiger partial charge in [0, 0.05) is 46.1 Å². The van der Waals surface area contributed by atoms with Crippen LogP contribution in [0.1, 0.15) is 45.1 Å². The highest BCUT2D eigenvalue weighted by molar-refractivity contribution is 6.31. The second-order valence-corrected chi connectivity index (χ2v) is 9.03. The Morgan fingerprint density at radius 3 is 2.60 bits per heavy atom. The maximum Gasteiger partial charge on any atom is 0.255 e. The summed E-state index contributed by atoms with van der Waals surface area (Å²) >= 11 is 6.55. The fourth-order valence-corrected chi connectivity index (χ4v) is 4.62. The predicted molar refractivity (Wildman–Crippen MR) is 118 cm³/mol. The van der Waals surface area contributed by atoms with Crippen molar-refractivity contribution in [3.8, 4) is 0 Å². The van der Waals surface area contributed by atoms with Crippen LogP contribution in [-0.4, -0.2) is 16.7 Å². The van der Waals surface area contributed by atoms with Crippen LogP contribution in [0, 0.1) is 5.41 Å². The van der Waals surface area contributed by atoms with Crippen molar-refractivity contribution in [3.63, 3.8) is 0 Å². The molecule has 1 aliphatic carbocycles.